The van der Waals surface area contributed by atoms with Gasteiger partial charge in [0, 0.05) is 18.0 Å². The number of primary amides is 1. The minimum Gasteiger partial charge on any atom is -0.510 e. The van der Waals surface area contributed by atoms with E-state index in [1.807, 2.05) is 0 Å². The fraction of sp³-hybridized carbons (Fsp3) is 0.409. The Morgan fingerprint density at radius 2 is 1.88 bits per heavy atom. The fourth-order valence-corrected chi connectivity index (χ4v) is 5.51. The van der Waals surface area contributed by atoms with Gasteiger partial charge < -0.3 is 31.9 Å². The number of phenolic OH excluding ortho intramolecular Hbond substituents is 1. The number of aliphatic hydroxyl groups is 3. The smallest absolute Gasteiger partial charge is 0.255 e. The highest BCUT2D eigenvalue weighted by Crippen LogP contribution is 2.52. The van der Waals surface area contributed by atoms with Crippen molar-refractivity contribution in [1.82, 2.24) is 4.90 Å². The molecule has 170 valence electrons. The number of aromatic hydroxyl groups is 1. The number of rotatable bonds is 3. The summed E-state index contributed by atoms with van der Waals surface area (Å²) in [6.45, 7) is 0.130. The van der Waals surface area contributed by atoms with Gasteiger partial charge in [-0.2, -0.15) is 0 Å². The summed E-state index contributed by atoms with van der Waals surface area (Å²) in [7, 11) is 3.16. The molecule has 4 atom stereocenters. The fourth-order valence-electron chi connectivity index (χ4n) is 5.51. The number of nitrogens with two attached hydrogens (primary N) is 2. The molecule has 4 rings (SSSR count). The van der Waals surface area contributed by atoms with E-state index in [9.17, 15) is 34.8 Å². The van der Waals surface area contributed by atoms with Crippen LogP contribution in [0, 0.1) is 11.8 Å². The van der Waals surface area contributed by atoms with Gasteiger partial charge in [0.25, 0.3) is 5.91 Å². The average molecular weight is 443 g/mol. The lowest BCUT2D eigenvalue weighted by atomic mass is 9.58. The van der Waals surface area contributed by atoms with Crippen molar-refractivity contribution in [2.24, 2.45) is 23.3 Å². The molecule has 0 saturated carbocycles. The van der Waals surface area contributed by atoms with E-state index in [1.54, 1.807) is 20.2 Å². The molecular formula is C22H25N3O7. The zero-order valence-corrected chi connectivity index (χ0v) is 17.6. The summed E-state index contributed by atoms with van der Waals surface area (Å²) < 4.78 is 0. The third-order valence-electron chi connectivity index (χ3n) is 6.92. The van der Waals surface area contributed by atoms with Crippen LogP contribution in [-0.2, 0) is 22.6 Å². The Morgan fingerprint density at radius 1 is 1.22 bits per heavy atom. The monoisotopic (exact) mass is 443 g/mol. The van der Waals surface area contributed by atoms with Gasteiger partial charge in [0.05, 0.1) is 11.6 Å². The Hall–Kier alpha value is -3.21. The number of likely N-dealkylation sites (N-methyl/N-ethyl adjacent to an activating group) is 1. The molecule has 0 saturated heterocycles. The van der Waals surface area contributed by atoms with Crippen LogP contribution in [0.5, 0.6) is 5.75 Å². The van der Waals surface area contributed by atoms with E-state index in [2.05, 4.69) is 0 Å². The molecule has 10 nitrogen and oxygen atoms in total. The van der Waals surface area contributed by atoms with Crippen LogP contribution in [-0.4, -0.2) is 68.5 Å². The van der Waals surface area contributed by atoms with Crippen LogP contribution in [0.2, 0.25) is 0 Å². The molecular weight excluding hydrogens is 418 g/mol. The van der Waals surface area contributed by atoms with Crippen molar-refractivity contribution < 1.29 is 34.8 Å². The van der Waals surface area contributed by atoms with Crippen LogP contribution in [0.15, 0.2) is 34.8 Å². The van der Waals surface area contributed by atoms with Gasteiger partial charge in [-0.1, -0.05) is 6.07 Å². The Labute approximate surface area is 183 Å². The van der Waals surface area contributed by atoms with Gasteiger partial charge in [-0.3, -0.25) is 19.3 Å². The number of aliphatic hydroxyl groups excluding tert-OH is 2. The quantitative estimate of drug-likeness (QED) is 0.337. The Bertz CT molecular complexity index is 1140. The molecule has 0 aromatic heterocycles. The van der Waals surface area contributed by atoms with E-state index in [1.165, 1.54) is 11.0 Å². The summed E-state index contributed by atoms with van der Waals surface area (Å²) in [6, 6.07) is 1.94. The summed E-state index contributed by atoms with van der Waals surface area (Å²) in [4.78, 5) is 40.0. The maximum absolute atomic E-state index is 13.4. The number of amides is 1. The number of ketones is 2. The number of carbonyl (C=O) groups excluding carboxylic acids is 3. The minimum absolute atomic E-state index is 0.0336. The molecule has 8 N–H and O–H groups in total. The Balaban J connectivity index is 1.98. The molecule has 0 heterocycles. The van der Waals surface area contributed by atoms with Gasteiger partial charge >= 0.3 is 0 Å². The molecule has 1 aromatic carbocycles. The SMILES string of the molecule is CN(C)[C@@H]1C(O)=C(C(N)=O)C(=O)[C@@]2(O)C(O)=C3C(=O)c4c(O)ccc(CN)c4C[C@H]3C[C@@H]12. The van der Waals surface area contributed by atoms with Crippen LogP contribution >= 0.6 is 0 Å². The molecule has 10 heteroatoms. The maximum Gasteiger partial charge on any atom is 0.255 e. The normalized spacial score (nSPS) is 29.7. The molecule has 0 bridgehead atoms. The number of carbonyl (C=O) groups is 3. The third kappa shape index (κ3) is 2.66. The Morgan fingerprint density at radius 3 is 2.44 bits per heavy atom. The predicted molar refractivity (Wildman–Crippen MR) is 112 cm³/mol. The van der Waals surface area contributed by atoms with Crippen molar-refractivity contribution in [3.8, 4) is 5.75 Å². The summed E-state index contributed by atoms with van der Waals surface area (Å²) in [5, 5.41) is 43.6. The Kier molecular flexibility index (Phi) is 4.92. The second-order valence-electron chi connectivity index (χ2n) is 8.76. The number of hydrogen-bond donors (Lipinski definition) is 6. The first-order valence-corrected chi connectivity index (χ1v) is 10.1. The number of allylic oxidation sites excluding steroid dienone is 1. The summed E-state index contributed by atoms with van der Waals surface area (Å²) in [6.07, 6.45) is 0.279. The number of Topliss-reactive ketones (excluding diaryl/α,β-unsaturated/α-hetero) is 2. The van der Waals surface area contributed by atoms with Crippen LogP contribution in [0.3, 0.4) is 0 Å². The van der Waals surface area contributed by atoms with Crippen molar-refractivity contribution in [2.45, 2.75) is 31.0 Å². The van der Waals surface area contributed by atoms with Gasteiger partial charge in [-0.05, 0) is 50.0 Å². The zero-order valence-electron chi connectivity index (χ0n) is 17.6. The number of fused-ring (bicyclic) bond motifs is 3. The topological polar surface area (TPSA) is 187 Å². The highest BCUT2D eigenvalue weighted by Gasteiger charge is 2.63. The van der Waals surface area contributed by atoms with Crippen LogP contribution < -0.4 is 11.5 Å². The second kappa shape index (κ2) is 7.16. The van der Waals surface area contributed by atoms with E-state index in [-0.39, 0.29) is 36.3 Å². The molecule has 0 radical (unpaired) electrons. The first kappa shape index (κ1) is 22.0. The molecule has 3 aliphatic rings. The third-order valence-corrected chi connectivity index (χ3v) is 6.92. The van der Waals surface area contributed by atoms with Gasteiger partial charge in [0.15, 0.2) is 11.4 Å². The molecule has 0 unspecified atom stereocenters. The minimum atomic E-state index is -2.63. The summed E-state index contributed by atoms with van der Waals surface area (Å²) in [5.41, 5.74) is 8.63. The van der Waals surface area contributed by atoms with E-state index in [0.29, 0.717) is 11.1 Å². The van der Waals surface area contributed by atoms with Crippen molar-refractivity contribution in [3.63, 3.8) is 0 Å². The van der Waals surface area contributed by atoms with Crippen LogP contribution in [0.1, 0.15) is 27.9 Å². The molecule has 32 heavy (non-hydrogen) atoms. The highest BCUT2D eigenvalue weighted by molar-refractivity contribution is 6.24. The van der Waals surface area contributed by atoms with Crippen molar-refractivity contribution in [1.29, 1.82) is 0 Å². The van der Waals surface area contributed by atoms with E-state index in [0.717, 1.165) is 0 Å². The number of hydrogen-bond acceptors (Lipinski definition) is 9. The standard InChI is InChI=1S/C22H25N3O7/c1-25(2)16-11-6-9-5-10-8(7-23)3-4-12(26)14(10)17(27)13(9)19(29)22(11,32)20(30)15(18(16)28)21(24)31/h3-4,9,11,16,26,28-29,32H,5-7,23H2,1-2H3,(H2,24,31)/t9-,11-,16-,22-/m0/s1. The summed E-state index contributed by atoms with van der Waals surface area (Å²) in [5.74, 6) is -6.66. The molecule has 1 aromatic rings. The molecule has 1 amide bonds. The molecule has 0 spiro atoms. The first-order valence-electron chi connectivity index (χ1n) is 10.1. The lowest BCUT2D eigenvalue weighted by Crippen LogP contribution is -2.63. The maximum atomic E-state index is 13.4. The van der Waals surface area contributed by atoms with Crippen molar-refractivity contribution in [2.75, 3.05) is 14.1 Å². The van der Waals surface area contributed by atoms with Gasteiger partial charge in [0.2, 0.25) is 5.78 Å². The van der Waals surface area contributed by atoms with Crippen LogP contribution in [0.25, 0.3) is 0 Å². The highest BCUT2D eigenvalue weighted by atomic mass is 16.3. The number of benzene rings is 1. The molecule has 3 aliphatic carbocycles. The largest absolute Gasteiger partial charge is 0.510 e. The average Bonchev–Trinajstić information content (AvgIpc) is 2.70. The predicted octanol–water partition coefficient (Wildman–Crippen LogP) is -0.421. The first-order chi connectivity index (χ1) is 15.0. The van der Waals surface area contributed by atoms with Crippen molar-refractivity contribution >= 4 is 17.5 Å². The molecule has 0 aliphatic heterocycles. The lowest BCUT2D eigenvalue weighted by Gasteiger charge is -2.50. The van der Waals surface area contributed by atoms with Gasteiger partial charge in [-0.25, -0.2) is 0 Å². The summed E-state index contributed by atoms with van der Waals surface area (Å²) >= 11 is 0. The van der Waals surface area contributed by atoms with Gasteiger partial charge in [0.1, 0.15) is 22.8 Å². The lowest BCUT2D eigenvalue weighted by molar-refractivity contribution is -0.148. The van der Waals surface area contributed by atoms with Crippen molar-refractivity contribution in [3.05, 3.63) is 51.5 Å². The number of nitrogens with zero attached hydrogens (tertiary/aromatic N) is 1. The zero-order chi connectivity index (χ0) is 23.7. The van der Waals surface area contributed by atoms with E-state index >= 15 is 0 Å². The number of phenols is 1. The van der Waals surface area contributed by atoms with E-state index in [4.69, 9.17) is 11.5 Å². The van der Waals surface area contributed by atoms with E-state index < -0.39 is 58.0 Å². The van der Waals surface area contributed by atoms with Gasteiger partial charge in [-0.15, -0.1) is 0 Å². The van der Waals surface area contributed by atoms with Crippen LogP contribution in [0.4, 0.5) is 0 Å². The second-order valence-corrected chi connectivity index (χ2v) is 8.76. The molecule has 0 fully saturated rings.